The van der Waals surface area contributed by atoms with Gasteiger partial charge in [0.15, 0.2) is 0 Å². The zero-order valence-electron chi connectivity index (χ0n) is 9.82. The highest BCUT2D eigenvalue weighted by Crippen LogP contribution is 2.23. The first-order chi connectivity index (χ1) is 7.51. The summed E-state index contributed by atoms with van der Waals surface area (Å²) in [5.74, 6) is 0.674. The molecule has 16 heavy (non-hydrogen) atoms. The summed E-state index contributed by atoms with van der Waals surface area (Å²) < 4.78 is 35.7. The molecule has 1 atom stereocenters. The van der Waals surface area contributed by atoms with E-state index in [-0.39, 0.29) is 6.42 Å². The molecular weight excluding hydrogens is 217 g/mol. The molecule has 1 aliphatic rings. The van der Waals surface area contributed by atoms with Crippen LogP contribution in [0.1, 0.15) is 25.7 Å². The Morgan fingerprint density at radius 3 is 2.69 bits per heavy atom. The third-order valence-corrected chi connectivity index (χ3v) is 3.05. The molecule has 1 fully saturated rings. The second-order valence-corrected chi connectivity index (χ2v) is 4.59. The van der Waals surface area contributed by atoms with Gasteiger partial charge in [0.1, 0.15) is 0 Å². The fourth-order valence-electron chi connectivity index (χ4n) is 2.23. The smallest absolute Gasteiger partial charge is 0.319 e. The van der Waals surface area contributed by atoms with Crippen LogP contribution in [0.25, 0.3) is 0 Å². The van der Waals surface area contributed by atoms with Crippen LogP contribution < -0.4 is 5.32 Å². The van der Waals surface area contributed by atoms with Gasteiger partial charge in [0.2, 0.25) is 0 Å². The molecule has 1 N–H and O–H groups in total. The number of rotatable bonds is 6. The summed E-state index contributed by atoms with van der Waals surface area (Å²) in [6.45, 7) is 3.90. The molecule has 0 spiro atoms. The van der Waals surface area contributed by atoms with Crippen molar-refractivity contribution in [3.8, 4) is 0 Å². The molecule has 1 aliphatic heterocycles. The minimum absolute atomic E-state index is 0.261. The van der Waals surface area contributed by atoms with Crippen molar-refractivity contribution in [2.24, 2.45) is 5.92 Å². The zero-order chi connectivity index (χ0) is 12.0. The van der Waals surface area contributed by atoms with Crippen molar-refractivity contribution in [3.63, 3.8) is 0 Å². The Hall–Kier alpha value is -0.290. The summed E-state index contributed by atoms with van der Waals surface area (Å²) in [5.41, 5.74) is 0. The van der Waals surface area contributed by atoms with Crippen molar-refractivity contribution < 1.29 is 13.2 Å². The number of hydrogen-bond acceptors (Lipinski definition) is 2. The van der Waals surface area contributed by atoms with Gasteiger partial charge < -0.3 is 10.2 Å². The molecule has 1 rings (SSSR count). The molecule has 1 saturated heterocycles. The maximum atomic E-state index is 11.9. The molecule has 0 amide bonds. The highest BCUT2D eigenvalue weighted by molar-refractivity contribution is 4.76. The van der Waals surface area contributed by atoms with Gasteiger partial charge in [-0.25, -0.2) is 0 Å². The van der Waals surface area contributed by atoms with Crippen molar-refractivity contribution in [2.45, 2.75) is 31.9 Å². The minimum atomic E-state index is -3.99. The van der Waals surface area contributed by atoms with Gasteiger partial charge >= 0.3 is 6.18 Å². The van der Waals surface area contributed by atoms with E-state index in [2.05, 4.69) is 10.2 Å². The highest BCUT2D eigenvalue weighted by atomic mass is 19.4. The first kappa shape index (κ1) is 13.8. The van der Waals surface area contributed by atoms with Crippen LogP contribution >= 0.6 is 0 Å². The van der Waals surface area contributed by atoms with Crippen LogP contribution in [0.3, 0.4) is 0 Å². The number of likely N-dealkylation sites (tertiary alicyclic amines) is 1. The Morgan fingerprint density at radius 1 is 1.31 bits per heavy atom. The lowest BCUT2D eigenvalue weighted by molar-refractivity contribution is -0.135. The molecule has 0 bridgehead atoms. The van der Waals surface area contributed by atoms with Gasteiger partial charge in [0.05, 0.1) is 0 Å². The number of hydrogen-bond donors (Lipinski definition) is 1. The molecule has 1 heterocycles. The average molecular weight is 238 g/mol. The Kier molecular flexibility index (Phi) is 5.55. The van der Waals surface area contributed by atoms with Crippen molar-refractivity contribution in [3.05, 3.63) is 0 Å². The van der Waals surface area contributed by atoms with E-state index in [1.54, 1.807) is 0 Å². The molecule has 5 heteroatoms. The molecule has 0 radical (unpaired) electrons. The second-order valence-electron chi connectivity index (χ2n) is 4.59. The summed E-state index contributed by atoms with van der Waals surface area (Å²) in [6.07, 6.45) is -2.54. The fraction of sp³-hybridized carbons (Fsp3) is 1.00. The summed E-state index contributed by atoms with van der Waals surface area (Å²) in [5, 5.41) is 3.14. The number of nitrogens with one attached hydrogen (secondary N) is 1. The van der Waals surface area contributed by atoms with Crippen LogP contribution in [0.15, 0.2) is 0 Å². The van der Waals surface area contributed by atoms with Crippen molar-refractivity contribution >= 4 is 0 Å². The lowest BCUT2D eigenvalue weighted by atomic mass is 10.1. The first-order valence-electron chi connectivity index (χ1n) is 5.95. The fourth-order valence-corrected chi connectivity index (χ4v) is 2.23. The number of alkyl halides is 3. The Bertz CT molecular complexity index is 194. The monoisotopic (exact) mass is 238 g/mol. The summed E-state index contributed by atoms with van der Waals surface area (Å²) in [7, 11) is 1.94. The van der Waals surface area contributed by atoms with E-state index in [1.807, 2.05) is 7.05 Å². The van der Waals surface area contributed by atoms with E-state index < -0.39 is 12.6 Å². The first-order valence-corrected chi connectivity index (χ1v) is 5.95. The van der Waals surface area contributed by atoms with Gasteiger partial charge in [-0.05, 0) is 51.9 Å². The quantitative estimate of drug-likeness (QED) is 0.714. The Morgan fingerprint density at radius 2 is 2.06 bits per heavy atom. The molecule has 2 nitrogen and oxygen atoms in total. The average Bonchev–Trinajstić information content (AvgIpc) is 2.60. The maximum Gasteiger partial charge on any atom is 0.389 e. The summed E-state index contributed by atoms with van der Waals surface area (Å²) in [6, 6.07) is 0. The van der Waals surface area contributed by atoms with Crippen LogP contribution in [0.5, 0.6) is 0 Å². The predicted octanol–water partition coefficient (Wildman–Crippen LogP) is 2.26. The van der Waals surface area contributed by atoms with Gasteiger partial charge in [-0.15, -0.1) is 0 Å². The van der Waals surface area contributed by atoms with E-state index in [4.69, 9.17) is 0 Å². The van der Waals surface area contributed by atoms with Gasteiger partial charge in [0, 0.05) is 13.0 Å². The lowest BCUT2D eigenvalue weighted by Gasteiger charge is -2.16. The van der Waals surface area contributed by atoms with E-state index >= 15 is 0 Å². The van der Waals surface area contributed by atoms with Crippen LogP contribution in [0, 0.1) is 5.92 Å². The number of unbranched alkanes of at least 4 members (excludes halogenated alkanes) is 1. The molecule has 0 saturated carbocycles. The molecule has 0 aromatic rings. The largest absolute Gasteiger partial charge is 0.389 e. The highest BCUT2D eigenvalue weighted by Gasteiger charge is 2.26. The van der Waals surface area contributed by atoms with Gasteiger partial charge in [-0.1, -0.05) is 0 Å². The SMILES string of the molecule is CNCC1CCN(CCCCC(F)(F)F)C1. The molecule has 0 aromatic heterocycles. The minimum Gasteiger partial charge on any atom is -0.319 e. The molecular formula is C11H21F3N2. The number of halogens is 3. The van der Waals surface area contributed by atoms with E-state index in [0.29, 0.717) is 12.3 Å². The second kappa shape index (κ2) is 6.45. The standard InChI is InChI=1S/C11H21F3N2/c1-15-8-10-4-7-16(9-10)6-3-2-5-11(12,13)14/h10,15H,2-9H2,1H3. The van der Waals surface area contributed by atoms with E-state index in [1.165, 1.54) is 6.42 Å². The predicted molar refractivity (Wildman–Crippen MR) is 58.4 cm³/mol. The van der Waals surface area contributed by atoms with Gasteiger partial charge in [0.25, 0.3) is 0 Å². The van der Waals surface area contributed by atoms with Gasteiger partial charge in [-0.3, -0.25) is 0 Å². The van der Waals surface area contributed by atoms with Crippen LogP contribution in [-0.2, 0) is 0 Å². The third kappa shape index (κ3) is 5.70. The van der Waals surface area contributed by atoms with Crippen molar-refractivity contribution in [2.75, 3.05) is 33.2 Å². The van der Waals surface area contributed by atoms with Crippen molar-refractivity contribution in [1.82, 2.24) is 10.2 Å². The van der Waals surface area contributed by atoms with Crippen LogP contribution in [0.2, 0.25) is 0 Å². The van der Waals surface area contributed by atoms with Gasteiger partial charge in [-0.2, -0.15) is 13.2 Å². The molecule has 1 unspecified atom stereocenters. The third-order valence-electron chi connectivity index (χ3n) is 3.05. The Balaban J connectivity index is 2.02. The zero-order valence-corrected chi connectivity index (χ0v) is 9.82. The van der Waals surface area contributed by atoms with E-state index in [0.717, 1.165) is 26.2 Å². The van der Waals surface area contributed by atoms with Crippen LogP contribution in [-0.4, -0.2) is 44.3 Å². The lowest BCUT2D eigenvalue weighted by Crippen LogP contribution is -2.25. The molecule has 0 aromatic carbocycles. The Labute approximate surface area is 95.2 Å². The molecule has 96 valence electrons. The van der Waals surface area contributed by atoms with Crippen LogP contribution in [0.4, 0.5) is 13.2 Å². The maximum absolute atomic E-state index is 11.9. The summed E-state index contributed by atoms with van der Waals surface area (Å²) >= 11 is 0. The van der Waals surface area contributed by atoms with Crippen molar-refractivity contribution in [1.29, 1.82) is 0 Å². The van der Waals surface area contributed by atoms with E-state index in [9.17, 15) is 13.2 Å². The normalized spacial score (nSPS) is 22.9. The summed E-state index contributed by atoms with van der Waals surface area (Å²) in [4.78, 5) is 2.28. The topological polar surface area (TPSA) is 15.3 Å². The molecule has 0 aliphatic carbocycles. The number of nitrogens with zero attached hydrogens (tertiary/aromatic N) is 1.